The van der Waals surface area contributed by atoms with E-state index in [-0.39, 0.29) is 17.5 Å². The molecule has 3 N–H and O–H groups in total. The van der Waals surface area contributed by atoms with Gasteiger partial charge >= 0.3 is 0 Å². The number of halogens is 1. The van der Waals surface area contributed by atoms with Gasteiger partial charge in [0.05, 0.1) is 12.1 Å². The van der Waals surface area contributed by atoms with E-state index in [4.69, 9.17) is 0 Å². The quantitative estimate of drug-likeness (QED) is 0.101. The first-order chi connectivity index (χ1) is 25.2. The first-order valence-electron chi connectivity index (χ1n) is 16.3. The molecule has 0 aliphatic carbocycles. The summed E-state index contributed by atoms with van der Waals surface area (Å²) in [7, 11) is 0. The van der Waals surface area contributed by atoms with Crippen LogP contribution in [0.5, 0.6) is 0 Å². The summed E-state index contributed by atoms with van der Waals surface area (Å²) in [5.74, 6) is -1.92. The van der Waals surface area contributed by atoms with Crippen molar-refractivity contribution < 1.29 is 23.6 Å². The maximum Gasteiger partial charge on any atom is 0.272 e. The van der Waals surface area contributed by atoms with Crippen LogP contribution in [0.3, 0.4) is 0 Å². The van der Waals surface area contributed by atoms with Gasteiger partial charge in [-0.2, -0.15) is 5.26 Å². The van der Waals surface area contributed by atoms with E-state index >= 15 is 0 Å². The molecular formula is C40H32FN5O4S2. The molecule has 52 heavy (non-hydrogen) atoms. The number of hydrogen-bond donors (Lipinski definition) is 3. The normalized spacial score (nSPS) is 12.9. The summed E-state index contributed by atoms with van der Waals surface area (Å²) >= 11 is 2.58. The number of benzene rings is 4. The fourth-order valence-electron chi connectivity index (χ4n) is 5.61. The van der Waals surface area contributed by atoms with Gasteiger partial charge in [0.1, 0.15) is 27.8 Å². The molecule has 0 fully saturated rings. The molecule has 0 radical (unpaired) electrons. The van der Waals surface area contributed by atoms with Crippen molar-refractivity contribution in [2.75, 3.05) is 17.2 Å². The summed E-state index contributed by atoms with van der Waals surface area (Å²) in [6, 6.07) is 32.4. The maximum absolute atomic E-state index is 14.0. The fraction of sp³-hybridized carbons (Fsp3) is 0.125. The van der Waals surface area contributed by atoms with Crippen LogP contribution in [-0.4, -0.2) is 35.1 Å². The minimum atomic E-state index is -0.731. The van der Waals surface area contributed by atoms with Gasteiger partial charge in [0, 0.05) is 34.5 Å². The number of thiophene rings is 1. The topological polar surface area (TPSA) is 131 Å². The van der Waals surface area contributed by atoms with E-state index in [1.165, 1.54) is 60.4 Å². The third-order valence-corrected chi connectivity index (χ3v) is 10.6. The predicted molar refractivity (Wildman–Crippen MR) is 201 cm³/mol. The minimum Gasteiger partial charge on any atom is -0.337 e. The molecule has 1 unspecified atom stereocenters. The van der Waals surface area contributed by atoms with Crippen LogP contribution in [0.4, 0.5) is 15.1 Å². The van der Waals surface area contributed by atoms with Crippen LogP contribution in [0.15, 0.2) is 120 Å². The Bertz CT molecular complexity index is 2200. The van der Waals surface area contributed by atoms with Crippen LogP contribution < -0.4 is 16.0 Å². The van der Waals surface area contributed by atoms with Crippen LogP contribution in [0.2, 0.25) is 0 Å². The molecule has 0 saturated carbocycles. The monoisotopic (exact) mass is 729 g/mol. The van der Waals surface area contributed by atoms with Crippen molar-refractivity contribution in [3.8, 4) is 6.07 Å². The van der Waals surface area contributed by atoms with E-state index in [1.54, 1.807) is 53.4 Å². The number of rotatable bonds is 10. The van der Waals surface area contributed by atoms with Gasteiger partial charge in [0.15, 0.2) is 0 Å². The Balaban J connectivity index is 1.23. The SMILES string of the molecule is CC(=O)N1CCc2c(sc(NC(=O)C(Sc3cccc(NC(=O)/C(=C\c4ccc(F)cc4)NC(=O)c4ccccc4)c3)c3ccccc3)c2C#N)C1. The average Bonchev–Trinajstić information content (AvgIpc) is 3.51. The molecule has 4 aromatic carbocycles. The van der Waals surface area contributed by atoms with Crippen molar-refractivity contribution in [2.45, 2.75) is 30.0 Å². The molecule has 1 aliphatic heterocycles. The third-order valence-electron chi connectivity index (χ3n) is 8.25. The highest BCUT2D eigenvalue weighted by molar-refractivity contribution is 8.00. The van der Waals surface area contributed by atoms with Crippen molar-refractivity contribution in [1.82, 2.24) is 10.2 Å². The van der Waals surface area contributed by atoms with E-state index in [0.29, 0.717) is 51.8 Å². The fourth-order valence-corrected chi connectivity index (χ4v) is 7.91. The standard InChI is InChI=1S/C40H32FN5O4S2/c1-25(47)46-20-19-32-33(23-42)40(52-35(32)24-46)45-39(50)36(27-9-4-2-5-10-27)51-31-14-8-13-30(22-31)43-38(49)34(21-26-15-17-29(41)18-16-26)44-37(48)28-11-6-3-7-12-28/h2-18,21-22,36H,19-20,24H2,1H3,(H,43,49)(H,44,48)(H,45,50)/b34-21+. The van der Waals surface area contributed by atoms with E-state index < -0.39 is 22.9 Å². The summed E-state index contributed by atoms with van der Waals surface area (Å²) < 4.78 is 13.6. The number of amides is 4. The molecule has 12 heteroatoms. The van der Waals surface area contributed by atoms with Crippen molar-refractivity contribution in [3.05, 3.63) is 153 Å². The Morgan fingerprint density at radius 1 is 0.923 bits per heavy atom. The predicted octanol–water partition coefficient (Wildman–Crippen LogP) is 7.55. The summed E-state index contributed by atoms with van der Waals surface area (Å²) in [6.45, 7) is 2.42. The molecule has 1 atom stereocenters. The van der Waals surface area contributed by atoms with Crippen LogP contribution in [0, 0.1) is 17.1 Å². The summed E-state index contributed by atoms with van der Waals surface area (Å²) in [6.07, 6.45) is 2.00. The largest absolute Gasteiger partial charge is 0.337 e. The molecule has 5 aromatic rings. The molecule has 9 nitrogen and oxygen atoms in total. The zero-order valence-electron chi connectivity index (χ0n) is 27.9. The van der Waals surface area contributed by atoms with Gasteiger partial charge in [0.2, 0.25) is 11.8 Å². The summed E-state index contributed by atoms with van der Waals surface area (Å²) in [5.41, 5.74) is 3.22. The lowest BCUT2D eigenvalue weighted by atomic mass is 10.0. The first kappa shape index (κ1) is 35.8. The lowest BCUT2D eigenvalue weighted by molar-refractivity contribution is -0.129. The molecule has 6 rings (SSSR count). The highest BCUT2D eigenvalue weighted by atomic mass is 32.2. The Hall–Kier alpha value is -6.03. The molecule has 0 bridgehead atoms. The van der Waals surface area contributed by atoms with E-state index in [0.717, 1.165) is 16.0 Å². The molecule has 1 aromatic heterocycles. The smallest absolute Gasteiger partial charge is 0.272 e. The van der Waals surface area contributed by atoms with Crippen LogP contribution in [0.25, 0.3) is 6.08 Å². The first-order valence-corrected chi connectivity index (χ1v) is 18.0. The van der Waals surface area contributed by atoms with Gasteiger partial charge in [-0.3, -0.25) is 19.2 Å². The maximum atomic E-state index is 14.0. The molecule has 0 saturated heterocycles. The molecular weight excluding hydrogens is 698 g/mol. The number of thioether (sulfide) groups is 1. The van der Waals surface area contributed by atoms with Gasteiger partial charge in [0.25, 0.3) is 11.8 Å². The zero-order valence-corrected chi connectivity index (χ0v) is 29.5. The van der Waals surface area contributed by atoms with Gasteiger partial charge in [-0.15, -0.1) is 23.1 Å². The second-order valence-corrected chi connectivity index (χ2v) is 14.1. The molecule has 0 spiro atoms. The Kier molecular flexibility index (Phi) is 11.2. The highest BCUT2D eigenvalue weighted by Crippen LogP contribution is 2.40. The zero-order chi connectivity index (χ0) is 36.6. The van der Waals surface area contributed by atoms with Gasteiger partial charge < -0.3 is 20.9 Å². The van der Waals surface area contributed by atoms with Gasteiger partial charge in [-0.25, -0.2) is 4.39 Å². The molecule has 2 heterocycles. The number of nitrogens with zero attached hydrogens (tertiary/aromatic N) is 2. The molecule has 260 valence electrons. The van der Waals surface area contributed by atoms with Crippen LogP contribution in [0.1, 0.15) is 49.7 Å². The molecule has 4 amide bonds. The average molecular weight is 730 g/mol. The number of nitrogens with one attached hydrogen (secondary N) is 3. The number of nitriles is 1. The summed E-state index contributed by atoms with van der Waals surface area (Å²) in [5, 5.41) is 18.2. The van der Waals surface area contributed by atoms with E-state index in [9.17, 15) is 28.8 Å². The lowest BCUT2D eigenvalue weighted by Crippen LogP contribution is -2.33. The second-order valence-electron chi connectivity index (χ2n) is 11.8. The van der Waals surface area contributed by atoms with Gasteiger partial charge in [-0.05, 0) is 71.7 Å². The van der Waals surface area contributed by atoms with Crippen molar-refractivity contribution >= 4 is 63.5 Å². The number of hydrogen-bond acceptors (Lipinski definition) is 7. The second kappa shape index (κ2) is 16.3. The lowest BCUT2D eigenvalue weighted by Gasteiger charge is -2.25. The highest BCUT2D eigenvalue weighted by Gasteiger charge is 2.29. The Morgan fingerprint density at radius 2 is 1.63 bits per heavy atom. The Labute approximate surface area is 308 Å². The van der Waals surface area contributed by atoms with E-state index in [2.05, 4.69) is 22.0 Å². The van der Waals surface area contributed by atoms with Crippen molar-refractivity contribution in [2.24, 2.45) is 0 Å². The van der Waals surface area contributed by atoms with Crippen molar-refractivity contribution in [3.63, 3.8) is 0 Å². The minimum absolute atomic E-state index is 0.0424. The number of carbonyl (C=O) groups is 4. The Morgan fingerprint density at radius 3 is 2.33 bits per heavy atom. The third kappa shape index (κ3) is 8.63. The van der Waals surface area contributed by atoms with Crippen LogP contribution >= 0.6 is 23.1 Å². The number of fused-ring (bicyclic) bond motifs is 1. The van der Waals surface area contributed by atoms with Gasteiger partial charge in [-0.1, -0.05) is 66.7 Å². The summed E-state index contributed by atoms with van der Waals surface area (Å²) in [4.78, 5) is 55.9. The van der Waals surface area contributed by atoms with E-state index in [1.807, 2.05) is 36.4 Å². The molecule has 1 aliphatic rings. The van der Waals surface area contributed by atoms with Crippen LogP contribution in [-0.2, 0) is 27.3 Å². The van der Waals surface area contributed by atoms with Crippen molar-refractivity contribution in [1.29, 1.82) is 5.26 Å². The number of carbonyl (C=O) groups excluding carboxylic acids is 4. The number of anilines is 2.